The molecule has 0 aliphatic carbocycles. The third-order valence-corrected chi connectivity index (χ3v) is 5.84. The highest BCUT2D eigenvalue weighted by Crippen LogP contribution is 2.23. The molecule has 0 radical (unpaired) electrons. The van der Waals surface area contributed by atoms with Crippen LogP contribution in [0.15, 0.2) is 52.9 Å². The Kier molecular flexibility index (Phi) is 6.53. The van der Waals surface area contributed by atoms with Crippen molar-refractivity contribution in [3.63, 3.8) is 0 Å². The van der Waals surface area contributed by atoms with Gasteiger partial charge >= 0.3 is 0 Å². The molecule has 0 bridgehead atoms. The van der Waals surface area contributed by atoms with E-state index >= 15 is 0 Å². The molecular formula is C26H32N2O2. The Balaban J connectivity index is 1.33. The minimum atomic E-state index is 0.588. The van der Waals surface area contributed by atoms with Gasteiger partial charge in [0.2, 0.25) is 5.89 Å². The summed E-state index contributed by atoms with van der Waals surface area (Å²) >= 11 is 0. The fourth-order valence-corrected chi connectivity index (χ4v) is 4.17. The smallest absolute Gasteiger partial charge is 0.226 e. The normalized spacial score (nSPS) is 17.2. The Morgan fingerprint density at radius 2 is 1.97 bits per heavy atom. The van der Waals surface area contributed by atoms with Gasteiger partial charge in [0.15, 0.2) is 0 Å². The number of hydrogen-bond acceptors (Lipinski definition) is 4. The molecule has 3 aromatic rings. The molecule has 2 heterocycles. The van der Waals surface area contributed by atoms with Crippen LogP contribution < -0.4 is 4.74 Å². The first-order chi connectivity index (χ1) is 14.6. The Morgan fingerprint density at radius 1 is 1.13 bits per heavy atom. The third kappa shape index (κ3) is 5.31. The van der Waals surface area contributed by atoms with Gasteiger partial charge in [0.05, 0.1) is 12.3 Å². The standard InChI is InChI=1S/C26H32N2O2/c1-19-9-11-23(12-10-19)26-27-25(21(3)30-26)13-15-29-24-8-4-7-22(16-24)18-28-14-5-6-20(2)17-28/h4,7-12,16,20H,5-6,13-15,17-18H2,1-3H3. The Morgan fingerprint density at radius 3 is 2.77 bits per heavy atom. The predicted molar refractivity (Wildman–Crippen MR) is 121 cm³/mol. The zero-order chi connectivity index (χ0) is 20.9. The molecular weight excluding hydrogens is 372 g/mol. The highest BCUT2D eigenvalue weighted by Gasteiger charge is 2.16. The number of nitrogens with zero attached hydrogens (tertiary/aromatic N) is 2. The van der Waals surface area contributed by atoms with Crippen LogP contribution in [0.1, 0.15) is 42.3 Å². The lowest BCUT2D eigenvalue weighted by Crippen LogP contribution is -2.33. The minimum absolute atomic E-state index is 0.588. The van der Waals surface area contributed by atoms with Gasteiger partial charge in [0.25, 0.3) is 0 Å². The van der Waals surface area contributed by atoms with E-state index in [-0.39, 0.29) is 0 Å². The second kappa shape index (κ2) is 9.48. The number of benzene rings is 2. The van der Waals surface area contributed by atoms with E-state index in [1.54, 1.807) is 0 Å². The molecule has 4 rings (SSSR count). The van der Waals surface area contributed by atoms with Gasteiger partial charge in [-0.05, 0) is 69.0 Å². The van der Waals surface area contributed by atoms with Crippen molar-refractivity contribution in [3.05, 3.63) is 71.1 Å². The molecule has 1 unspecified atom stereocenters. The van der Waals surface area contributed by atoms with Crippen molar-refractivity contribution in [2.45, 2.75) is 46.6 Å². The van der Waals surface area contributed by atoms with Crippen LogP contribution in [0.4, 0.5) is 0 Å². The van der Waals surface area contributed by atoms with Crippen molar-refractivity contribution in [2.24, 2.45) is 5.92 Å². The van der Waals surface area contributed by atoms with Crippen LogP contribution in [0.25, 0.3) is 11.5 Å². The van der Waals surface area contributed by atoms with Crippen LogP contribution in [-0.2, 0) is 13.0 Å². The van der Waals surface area contributed by atoms with E-state index in [0.717, 1.165) is 41.7 Å². The summed E-state index contributed by atoms with van der Waals surface area (Å²) in [5.74, 6) is 3.27. The summed E-state index contributed by atoms with van der Waals surface area (Å²) in [6.07, 6.45) is 3.39. The number of aromatic nitrogens is 1. The number of aryl methyl sites for hydroxylation is 2. The first-order valence-corrected chi connectivity index (χ1v) is 11.0. The number of rotatable bonds is 7. The summed E-state index contributed by atoms with van der Waals surface area (Å²) in [4.78, 5) is 7.24. The highest BCUT2D eigenvalue weighted by atomic mass is 16.5. The van der Waals surface area contributed by atoms with Crippen LogP contribution in [0.2, 0.25) is 0 Å². The van der Waals surface area contributed by atoms with Gasteiger partial charge in [-0.3, -0.25) is 4.90 Å². The fourth-order valence-electron chi connectivity index (χ4n) is 4.17. The Labute approximate surface area is 179 Å². The third-order valence-electron chi connectivity index (χ3n) is 5.84. The summed E-state index contributed by atoms with van der Waals surface area (Å²) in [7, 11) is 0. The SMILES string of the molecule is Cc1ccc(-c2nc(CCOc3cccc(CN4CCCC(C)C4)c3)c(C)o2)cc1. The quantitative estimate of drug-likeness (QED) is 0.498. The zero-order valence-electron chi connectivity index (χ0n) is 18.4. The zero-order valence-corrected chi connectivity index (χ0v) is 18.4. The molecule has 0 spiro atoms. The summed E-state index contributed by atoms with van der Waals surface area (Å²) in [5, 5.41) is 0. The molecule has 30 heavy (non-hydrogen) atoms. The molecule has 1 fully saturated rings. The average molecular weight is 405 g/mol. The number of likely N-dealkylation sites (tertiary alicyclic amines) is 1. The lowest BCUT2D eigenvalue weighted by atomic mass is 10.00. The lowest BCUT2D eigenvalue weighted by molar-refractivity contribution is 0.176. The van der Waals surface area contributed by atoms with Crippen molar-refractivity contribution in [1.29, 1.82) is 0 Å². The van der Waals surface area contributed by atoms with Crippen LogP contribution in [0.5, 0.6) is 5.75 Å². The second-order valence-electron chi connectivity index (χ2n) is 8.62. The van der Waals surface area contributed by atoms with Gasteiger partial charge in [0.1, 0.15) is 11.5 Å². The molecule has 0 amide bonds. The lowest BCUT2D eigenvalue weighted by Gasteiger charge is -2.30. The molecule has 1 saturated heterocycles. The molecule has 0 N–H and O–H groups in total. The first-order valence-electron chi connectivity index (χ1n) is 11.0. The Hall–Kier alpha value is -2.59. The van der Waals surface area contributed by atoms with Crippen LogP contribution >= 0.6 is 0 Å². The Bertz CT molecular complexity index is 961. The van der Waals surface area contributed by atoms with E-state index in [9.17, 15) is 0 Å². The summed E-state index contributed by atoms with van der Waals surface area (Å²) < 4.78 is 11.9. The van der Waals surface area contributed by atoms with Gasteiger partial charge in [-0.2, -0.15) is 0 Å². The van der Waals surface area contributed by atoms with Crippen molar-refractivity contribution < 1.29 is 9.15 Å². The maximum absolute atomic E-state index is 6.05. The number of hydrogen-bond donors (Lipinski definition) is 0. The van der Waals surface area contributed by atoms with Crippen LogP contribution in [0, 0.1) is 19.8 Å². The van der Waals surface area contributed by atoms with E-state index in [4.69, 9.17) is 9.15 Å². The summed E-state index contributed by atoms with van der Waals surface area (Å²) in [6, 6.07) is 16.8. The molecule has 1 aliphatic rings. The molecule has 0 saturated carbocycles. The van der Waals surface area contributed by atoms with Crippen molar-refractivity contribution >= 4 is 0 Å². The van der Waals surface area contributed by atoms with Crippen LogP contribution in [-0.4, -0.2) is 29.6 Å². The topological polar surface area (TPSA) is 38.5 Å². The van der Waals surface area contributed by atoms with Gasteiger partial charge in [-0.15, -0.1) is 0 Å². The number of piperidine rings is 1. The van der Waals surface area contributed by atoms with E-state index in [1.165, 1.54) is 37.1 Å². The predicted octanol–water partition coefficient (Wildman–Crippen LogP) is 5.81. The maximum atomic E-state index is 6.05. The molecule has 1 aliphatic heterocycles. The van der Waals surface area contributed by atoms with E-state index in [2.05, 4.69) is 66.2 Å². The largest absolute Gasteiger partial charge is 0.493 e. The van der Waals surface area contributed by atoms with Gasteiger partial charge in [0, 0.05) is 25.1 Å². The second-order valence-corrected chi connectivity index (χ2v) is 8.62. The van der Waals surface area contributed by atoms with Crippen molar-refractivity contribution in [3.8, 4) is 17.2 Å². The number of oxazole rings is 1. The highest BCUT2D eigenvalue weighted by molar-refractivity contribution is 5.54. The van der Waals surface area contributed by atoms with Crippen molar-refractivity contribution in [2.75, 3.05) is 19.7 Å². The summed E-state index contributed by atoms with van der Waals surface area (Å²) in [6.45, 7) is 10.4. The molecule has 158 valence electrons. The molecule has 1 aromatic heterocycles. The first kappa shape index (κ1) is 20.7. The minimum Gasteiger partial charge on any atom is -0.493 e. The maximum Gasteiger partial charge on any atom is 0.226 e. The van der Waals surface area contributed by atoms with E-state index in [0.29, 0.717) is 12.5 Å². The van der Waals surface area contributed by atoms with Gasteiger partial charge in [-0.1, -0.05) is 36.8 Å². The average Bonchev–Trinajstić information content (AvgIpc) is 3.09. The van der Waals surface area contributed by atoms with Crippen LogP contribution in [0.3, 0.4) is 0 Å². The van der Waals surface area contributed by atoms with Gasteiger partial charge in [-0.25, -0.2) is 4.98 Å². The monoisotopic (exact) mass is 404 g/mol. The van der Waals surface area contributed by atoms with E-state index < -0.39 is 0 Å². The molecule has 2 aromatic carbocycles. The molecule has 4 heteroatoms. The molecule has 1 atom stereocenters. The van der Waals surface area contributed by atoms with Crippen molar-refractivity contribution in [1.82, 2.24) is 9.88 Å². The van der Waals surface area contributed by atoms with Gasteiger partial charge < -0.3 is 9.15 Å². The fraction of sp³-hybridized carbons (Fsp3) is 0.423. The molecule has 4 nitrogen and oxygen atoms in total. The number of ether oxygens (including phenoxy) is 1. The summed E-state index contributed by atoms with van der Waals surface area (Å²) in [5.41, 5.74) is 4.52. The van der Waals surface area contributed by atoms with E-state index in [1.807, 2.05) is 13.0 Å².